The summed E-state index contributed by atoms with van der Waals surface area (Å²) in [5, 5.41) is 30.0. The Morgan fingerprint density at radius 2 is 1.86 bits per heavy atom. The van der Waals surface area contributed by atoms with Crippen LogP contribution in [0.5, 0.6) is 11.5 Å². The zero-order chi connectivity index (χ0) is 21.0. The summed E-state index contributed by atoms with van der Waals surface area (Å²) in [6, 6.07) is 10.2. The number of thioether (sulfide) groups is 1. The molecule has 0 radical (unpaired) electrons. The SMILES string of the molecule is O=C(O)COc1ccc(/C=C2\SC(=Nc3ccc(O)cc3C(=O)O)NC2=O)cc1. The molecule has 4 N–H and O–H groups in total. The number of carboxylic acids is 2. The third-order valence-electron chi connectivity index (χ3n) is 3.62. The number of amidine groups is 1. The van der Waals surface area contributed by atoms with E-state index in [0.29, 0.717) is 16.2 Å². The molecule has 2 aromatic rings. The molecule has 1 heterocycles. The summed E-state index contributed by atoms with van der Waals surface area (Å²) in [6.45, 7) is -0.450. The van der Waals surface area contributed by atoms with E-state index in [1.54, 1.807) is 30.3 Å². The molecule has 2 aromatic carbocycles. The van der Waals surface area contributed by atoms with Crippen molar-refractivity contribution in [3.05, 3.63) is 58.5 Å². The lowest BCUT2D eigenvalue weighted by molar-refractivity contribution is -0.139. The molecule has 0 atom stereocenters. The molecule has 0 bridgehead atoms. The first-order valence-corrected chi connectivity index (χ1v) is 8.94. The zero-order valence-electron chi connectivity index (χ0n) is 14.7. The van der Waals surface area contributed by atoms with Crippen molar-refractivity contribution in [1.29, 1.82) is 0 Å². The zero-order valence-corrected chi connectivity index (χ0v) is 15.5. The number of aromatic hydroxyl groups is 1. The molecular formula is C19H14N2O7S. The molecule has 0 saturated carbocycles. The molecule has 29 heavy (non-hydrogen) atoms. The van der Waals surface area contributed by atoms with Gasteiger partial charge in [-0.15, -0.1) is 0 Å². The highest BCUT2D eigenvalue weighted by atomic mass is 32.2. The Morgan fingerprint density at radius 3 is 2.52 bits per heavy atom. The molecule has 9 nitrogen and oxygen atoms in total. The molecule has 1 aliphatic rings. The number of amides is 1. The van der Waals surface area contributed by atoms with Gasteiger partial charge >= 0.3 is 11.9 Å². The van der Waals surface area contributed by atoms with Gasteiger partial charge in [-0.2, -0.15) is 0 Å². The molecule has 0 unspecified atom stereocenters. The van der Waals surface area contributed by atoms with Gasteiger partial charge in [0.2, 0.25) is 0 Å². The van der Waals surface area contributed by atoms with Gasteiger partial charge in [0.1, 0.15) is 11.5 Å². The molecule has 0 aliphatic carbocycles. The third kappa shape index (κ3) is 5.14. The summed E-state index contributed by atoms with van der Waals surface area (Å²) in [5.41, 5.74) is 0.587. The minimum atomic E-state index is -1.25. The Balaban J connectivity index is 1.77. The highest BCUT2D eigenvalue weighted by Gasteiger charge is 2.24. The summed E-state index contributed by atoms with van der Waals surface area (Å²) >= 11 is 1.04. The van der Waals surface area contributed by atoms with Crippen LogP contribution < -0.4 is 10.1 Å². The van der Waals surface area contributed by atoms with Crippen LogP contribution in [0.3, 0.4) is 0 Å². The fraction of sp³-hybridized carbons (Fsp3) is 0.0526. The lowest BCUT2D eigenvalue weighted by Gasteiger charge is -2.03. The van der Waals surface area contributed by atoms with Crippen molar-refractivity contribution in [1.82, 2.24) is 5.32 Å². The number of nitrogens with one attached hydrogen (secondary N) is 1. The van der Waals surface area contributed by atoms with E-state index in [1.165, 1.54) is 12.1 Å². The number of aromatic carboxylic acids is 1. The van der Waals surface area contributed by atoms with E-state index in [0.717, 1.165) is 17.8 Å². The molecular weight excluding hydrogens is 400 g/mol. The molecule has 1 fully saturated rings. The van der Waals surface area contributed by atoms with Crippen LogP contribution in [0.15, 0.2) is 52.4 Å². The van der Waals surface area contributed by atoms with Crippen molar-refractivity contribution in [2.45, 2.75) is 0 Å². The predicted molar refractivity (Wildman–Crippen MR) is 105 cm³/mol. The average Bonchev–Trinajstić information content (AvgIpc) is 3.01. The average molecular weight is 414 g/mol. The lowest BCUT2D eigenvalue weighted by Crippen LogP contribution is -2.19. The molecule has 0 aromatic heterocycles. The largest absolute Gasteiger partial charge is 0.508 e. The number of phenols is 1. The first-order chi connectivity index (χ1) is 13.8. The van der Waals surface area contributed by atoms with E-state index in [9.17, 15) is 24.6 Å². The van der Waals surface area contributed by atoms with Crippen LogP contribution in [0.2, 0.25) is 0 Å². The van der Waals surface area contributed by atoms with Gasteiger partial charge in [0.05, 0.1) is 16.2 Å². The van der Waals surface area contributed by atoms with Crippen molar-refractivity contribution in [3.8, 4) is 11.5 Å². The number of aliphatic carboxylic acids is 1. The topological polar surface area (TPSA) is 146 Å². The van der Waals surface area contributed by atoms with E-state index >= 15 is 0 Å². The fourth-order valence-corrected chi connectivity index (χ4v) is 3.17. The van der Waals surface area contributed by atoms with Crippen molar-refractivity contribution in [3.63, 3.8) is 0 Å². The van der Waals surface area contributed by atoms with Crippen LogP contribution in [-0.4, -0.2) is 44.9 Å². The summed E-state index contributed by atoms with van der Waals surface area (Å²) in [4.78, 5) is 38.5. The number of carbonyl (C=O) groups excluding carboxylic acids is 1. The second-order valence-corrected chi connectivity index (χ2v) is 6.77. The molecule has 148 valence electrons. The molecule has 1 saturated heterocycles. The van der Waals surface area contributed by atoms with E-state index in [4.69, 9.17) is 9.84 Å². The Labute approximate surface area is 168 Å². The van der Waals surface area contributed by atoms with Crippen LogP contribution >= 0.6 is 11.8 Å². The Kier molecular flexibility index (Phi) is 5.84. The van der Waals surface area contributed by atoms with Gasteiger partial charge in [0.15, 0.2) is 11.8 Å². The lowest BCUT2D eigenvalue weighted by atomic mass is 10.2. The van der Waals surface area contributed by atoms with E-state index in [1.807, 2.05) is 0 Å². The smallest absolute Gasteiger partial charge is 0.341 e. The van der Waals surface area contributed by atoms with E-state index < -0.39 is 24.5 Å². The van der Waals surface area contributed by atoms with Gasteiger partial charge in [-0.05, 0) is 53.7 Å². The van der Waals surface area contributed by atoms with Crippen molar-refractivity contribution in [2.75, 3.05) is 6.61 Å². The van der Waals surface area contributed by atoms with Crippen LogP contribution in [0.25, 0.3) is 6.08 Å². The maximum absolute atomic E-state index is 12.2. The molecule has 1 amide bonds. The van der Waals surface area contributed by atoms with Gasteiger partial charge in [0.25, 0.3) is 5.91 Å². The van der Waals surface area contributed by atoms with Crippen LogP contribution in [0.1, 0.15) is 15.9 Å². The number of carbonyl (C=O) groups is 3. The quantitative estimate of drug-likeness (QED) is 0.527. The number of phenolic OH excluding ortho intramolecular Hbond substituents is 1. The first-order valence-electron chi connectivity index (χ1n) is 8.12. The third-order valence-corrected chi connectivity index (χ3v) is 4.53. The molecule has 10 heteroatoms. The summed E-state index contributed by atoms with van der Waals surface area (Å²) in [7, 11) is 0. The standard InChI is InChI=1S/C19H14N2O7S/c22-11-3-6-14(13(8-11)18(26)27)20-19-21-17(25)15(29-19)7-10-1-4-12(5-2-10)28-9-16(23)24/h1-8,22H,9H2,(H,23,24)(H,26,27)(H,20,21,25)/b15-7-. The molecule has 3 rings (SSSR count). The highest BCUT2D eigenvalue weighted by molar-refractivity contribution is 8.18. The maximum atomic E-state index is 12.2. The van der Waals surface area contributed by atoms with Gasteiger partial charge in [-0.3, -0.25) is 4.79 Å². The number of rotatable bonds is 6. The number of carboxylic acid groups (broad SMARTS) is 2. The second kappa shape index (κ2) is 8.48. The number of nitrogens with zero attached hydrogens (tertiary/aromatic N) is 1. The number of aliphatic imine (C=N–C) groups is 1. The molecule has 0 spiro atoms. The summed E-state index contributed by atoms with van der Waals surface area (Å²) < 4.78 is 5.05. The van der Waals surface area contributed by atoms with Gasteiger partial charge in [-0.25, -0.2) is 14.6 Å². The normalized spacial score (nSPS) is 16.1. The number of benzene rings is 2. The summed E-state index contributed by atoms with van der Waals surface area (Å²) in [6.07, 6.45) is 1.61. The number of hydrogen-bond donors (Lipinski definition) is 4. The van der Waals surface area contributed by atoms with Crippen molar-refractivity contribution >= 4 is 46.5 Å². The second-order valence-electron chi connectivity index (χ2n) is 5.74. The van der Waals surface area contributed by atoms with Gasteiger partial charge in [0, 0.05) is 0 Å². The van der Waals surface area contributed by atoms with Crippen LogP contribution in [0, 0.1) is 0 Å². The maximum Gasteiger partial charge on any atom is 0.341 e. The Hall–Kier alpha value is -3.79. The highest BCUT2D eigenvalue weighted by Crippen LogP contribution is 2.30. The Morgan fingerprint density at radius 1 is 1.14 bits per heavy atom. The number of hydrogen-bond acceptors (Lipinski definition) is 7. The molecule has 1 aliphatic heterocycles. The minimum absolute atomic E-state index is 0.0966. The predicted octanol–water partition coefficient (Wildman–Crippen LogP) is 2.45. The number of ether oxygens (including phenoxy) is 1. The van der Waals surface area contributed by atoms with E-state index in [2.05, 4.69) is 10.3 Å². The fourth-order valence-electron chi connectivity index (χ4n) is 2.34. The van der Waals surface area contributed by atoms with Crippen molar-refractivity contribution in [2.24, 2.45) is 4.99 Å². The summed E-state index contributed by atoms with van der Waals surface area (Å²) in [5.74, 6) is -2.55. The van der Waals surface area contributed by atoms with Gasteiger partial charge < -0.3 is 25.4 Å². The van der Waals surface area contributed by atoms with E-state index in [-0.39, 0.29) is 22.2 Å². The first kappa shape index (κ1) is 20.0. The monoisotopic (exact) mass is 414 g/mol. The van der Waals surface area contributed by atoms with Crippen molar-refractivity contribution < 1.29 is 34.4 Å². The van der Waals surface area contributed by atoms with Crippen LogP contribution in [-0.2, 0) is 9.59 Å². The van der Waals surface area contributed by atoms with Gasteiger partial charge in [-0.1, -0.05) is 12.1 Å². The van der Waals surface area contributed by atoms with Crippen LogP contribution in [0.4, 0.5) is 5.69 Å². The Bertz CT molecular complexity index is 1050. The minimum Gasteiger partial charge on any atom is -0.508 e.